The summed E-state index contributed by atoms with van der Waals surface area (Å²) in [5.41, 5.74) is 8.13. The third-order valence-electron chi connectivity index (χ3n) is 9.88. The summed E-state index contributed by atoms with van der Waals surface area (Å²) in [5.74, 6) is -2.70. The minimum Gasteiger partial charge on any atom is -0.347 e. The number of nitrogens with zero attached hydrogens (tertiary/aromatic N) is 2. The van der Waals surface area contributed by atoms with Crippen LogP contribution in [0.5, 0.6) is 0 Å². The predicted octanol–water partition coefficient (Wildman–Crippen LogP) is 1.15. The molecule has 1 unspecified atom stereocenters. The fourth-order valence-electron chi connectivity index (χ4n) is 6.87. The van der Waals surface area contributed by atoms with Gasteiger partial charge in [0.1, 0.15) is 24.0 Å². The van der Waals surface area contributed by atoms with Gasteiger partial charge in [-0.1, -0.05) is 54.4 Å². The van der Waals surface area contributed by atoms with Gasteiger partial charge in [0.05, 0.1) is 6.04 Å². The Morgan fingerprint density at radius 3 is 2.22 bits per heavy atom. The van der Waals surface area contributed by atoms with Crippen LogP contribution in [0.2, 0.25) is 0 Å². The molecule has 0 aromatic rings. The molecule has 276 valence electrons. The van der Waals surface area contributed by atoms with Crippen LogP contribution >= 0.6 is 0 Å². The van der Waals surface area contributed by atoms with Crippen molar-refractivity contribution in [3.05, 3.63) is 0 Å². The van der Waals surface area contributed by atoms with Gasteiger partial charge in [-0.05, 0) is 69.1 Å². The number of hydrazone groups is 1. The highest BCUT2D eigenvalue weighted by molar-refractivity contribution is 6.38. The average Bonchev–Trinajstić information content (AvgIpc) is 3.81. The predicted molar refractivity (Wildman–Crippen MR) is 185 cm³/mol. The largest absolute Gasteiger partial charge is 0.347 e. The Kier molecular flexibility index (Phi) is 15.3. The Morgan fingerprint density at radius 2 is 1.61 bits per heavy atom. The third kappa shape index (κ3) is 10.9. The zero-order chi connectivity index (χ0) is 36.2. The van der Waals surface area contributed by atoms with E-state index in [-0.39, 0.29) is 47.9 Å². The van der Waals surface area contributed by atoms with Gasteiger partial charge in [-0.2, -0.15) is 0 Å². The molecule has 2 fully saturated rings. The van der Waals surface area contributed by atoms with Gasteiger partial charge in [0, 0.05) is 25.4 Å². The number of ketones is 1. The maximum Gasteiger partial charge on any atom is 0.289 e. The molecule has 7 atom stereocenters. The third-order valence-corrected chi connectivity index (χ3v) is 9.88. The lowest BCUT2D eigenvalue weighted by molar-refractivity contribution is -0.145. The van der Waals surface area contributed by atoms with Crippen LogP contribution in [0.1, 0.15) is 113 Å². The van der Waals surface area contributed by atoms with Gasteiger partial charge in [0.15, 0.2) is 0 Å². The van der Waals surface area contributed by atoms with Crippen molar-refractivity contribution in [2.75, 3.05) is 6.54 Å². The molecule has 0 aromatic heterocycles. The Labute approximate surface area is 290 Å². The second-order valence-corrected chi connectivity index (χ2v) is 14.4. The Bertz CT molecular complexity index is 1220. The molecule has 1 saturated heterocycles. The van der Waals surface area contributed by atoms with Gasteiger partial charge in [0.25, 0.3) is 5.91 Å². The van der Waals surface area contributed by atoms with Crippen LogP contribution in [-0.2, 0) is 28.8 Å². The summed E-state index contributed by atoms with van der Waals surface area (Å²) >= 11 is 0. The van der Waals surface area contributed by atoms with E-state index in [9.17, 15) is 28.8 Å². The van der Waals surface area contributed by atoms with Crippen molar-refractivity contribution in [2.45, 2.75) is 143 Å². The van der Waals surface area contributed by atoms with Crippen LogP contribution in [-0.4, -0.2) is 82.8 Å². The molecule has 3 aliphatic rings. The fourth-order valence-corrected chi connectivity index (χ4v) is 6.87. The first kappa shape index (κ1) is 39.7. The minimum atomic E-state index is -1.00. The number of hydrogen-bond acceptors (Lipinski definition) is 10. The SMILES string of the molecule is CCCC(NC(=O)[C@@H]1[C@H]2CCC[C@H]2CN1C(=O)[C@@H](NC(=O)[C@@H](NC(=O)CCCCC1=NNNN1)C(C)C)C(C)C)C(=O)C(=O)N[C@H](C)CC. The van der Waals surface area contributed by atoms with Crippen LogP contribution in [0.25, 0.3) is 0 Å². The van der Waals surface area contributed by atoms with Crippen molar-refractivity contribution in [1.82, 2.24) is 42.7 Å². The number of carbonyl (C=O) groups excluding carboxylic acids is 6. The van der Waals surface area contributed by atoms with Crippen LogP contribution in [0.3, 0.4) is 0 Å². The van der Waals surface area contributed by atoms with Crippen molar-refractivity contribution in [3.8, 4) is 0 Å². The lowest BCUT2D eigenvalue weighted by atomic mass is 9.92. The molecule has 15 nitrogen and oxygen atoms in total. The minimum absolute atomic E-state index is 0.0782. The zero-order valence-electron chi connectivity index (χ0n) is 30.3. The van der Waals surface area contributed by atoms with E-state index in [4.69, 9.17) is 0 Å². The summed E-state index contributed by atoms with van der Waals surface area (Å²) in [6, 6.07) is -3.79. The maximum absolute atomic E-state index is 14.3. The van der Waals surface area contributed by atoms with Crippen LogP contribution in [0.15, 0.2) is 5.10 Å². The van der Waals surface area contributed by atoms with E-state index in [1.54, 1.807) is 4.90 Å². The van der Waals surface area contributed by atoms with E-state index >= 15 is 0 Å². The smallest absolute Gasteiger partial charge is 0.289 e. The number of Topliss-reactive ketones (excluding diaryl/α,β-unsaturated/α-hetero) is 1. The number of likely N-dealkylation sites (tertiary alicyclic amines) is 1. The number of rotatable bonds is 19. The molecule has 1 saturated carbocycles. The second-order valence-electron chi connectivity index (χ2n) is 14.4. The van der Waals surface area contributed by atoms with Crippen LogP contribution in [0.4, 0.5) is 0 Å². The molecule has 0 aromatic carbocycles. The van der Waals surface area contributed by atoms with E-state index in [1.165, 1.54) is 0 Å². The van der Waals surface area contributed by atoms with Gasteiger partial charge < -0.3 is 26.2 Å². The molecule has 15 heteroatoms. The first-order valence-corrected chi connectivity index (χ1v) is 18.2. The van der Waals surface area contributed by atoms with Crippen molar-refractivity contribution >= 4 is 41.2 Å². The normalized spacial score (nSPS) is 22.3. The summed E-state index contributed by atoms with van der Waals surface area (Å²) in [5, 5.41) is 15.3. The average molecular weight is 690 g/mol. The lowest BCUT2D eigenvalue weighted by Gasteiger charge is -2.34. The highest BCUT2D eigenvalue weighted by Crippen LogP contribution is 2.42. The van der Waals surface area contributed by atoms with Crippen molar-refractivity contribution in [1.29, 1.82) is 0 Å². The Balaban J connectivity index is 1.70. The molecule has 5 amide bonds. The van der Waals surface area contributed by atoms with Gasteiger partial charge in [-0.3, -0.25) is 34.2 Å². The highest BCUT2D eigenvalue weighted by atomic mass is 16.2. The van der Waals surface area contributed by atoms with E-state index in [1.807, 2.05) is 48.5 Å². The number of fused-ring (bicyclic) bond motifs is 1. The Hall–Kier alpha value is -3.75. The molecular formula is C34H59N9O6. The fraction of sp³-hybridized carbons (Fsp3) is 0.794. The first-order chi connectivity index (χ1) is 23.3. The van der Waals surface area contributed by atoms with Crippen LogP contribution in [0, 0.1) is 23.7 Å². The first-order valence-electron chi connectivity index (χ1n) is 18.2. The van der Waals surface area contributed by atoms with Gasteiger partial charge in [-0.25, -0.2) is 5.53 Å². The highest BCUT2D eigenvalue weighted by Gasteiger charge is 2.51. The van der Waals surface area contributed by atoms with E-state index < -0.39 is 47.7 Å². The van der Waals surface area contributed by atoms with Gasteiger partial charge in [-0.15, -0.1) is 10.6 Å². The van der Waals surface area contributed by atoms with Gasteiger partial charge >= 0.3 is 0 Å². The molecule has 49 heavy (non-hydrogen) atoms. The number of hydrogen-bond donors (Lipinski definition) is 7. The van der Waals surface area contributed by atoms with Gasteiger partial charge in [0.2, 0.25) is 29.4 Å². The number of nitrogens with one attached hydrogen (secondary N) is 7. The molecule has 3 rings (SSSR count). The van der Waals surface area contributed by atoms with Crippen molar-refractivity contribution < 1.29 is 28.8 Å². The van der Waals surface area contributed by atoms with E-state index in [2.05, 4.69) is 42.9 Å². The summed E-state index contributed by atoms with van der Waals surface area (Å²) < 4.78 is 0. The molecule has 2 aliphatic heterocycles. The number of amides is 5. The second kappa shape index (κ2) is 18.9. The maximum atomic E-state index is 14.3. The number of hydrazine groups is 2. The van der Waals surface area contributed by atoms with E-state index in [0.29, 0.717) is 38.6 Å². The number of carbonyl (C=O) groups is 6. The molecule has 2 heterocycles. The quantitative estimate of drug-likeness (QED) is 0.0767. The Morgan fingerprint density at radius 1 is 0.898 bits per heavy atom. The molecule has 1 aliphatic carbocycles. The van der Waals surface area contributed by atoms with Crippen molar-refractivity contribution in [3.63, 3.8) is 0 Å². The molecule has 0 radical (unpaired) electrons. The summed E-state index contributed by atoms with van der Waals surface area (Å²) in [7, 11) is 0. The number of amidine groups is 1. The summed E-state index contributed by atoms with van der Waals surface area (Å²) in [6.07, 6.45) is 6.37. The zero-order valence-corrected chi connectivity index (χ0v) is 30.3. The van der Waals surface area contributed by atoms with Crippen molar-refractivity contribution in [2.24, 2.45) is 28.8 Å². The van der Waals surface area contributed by atoms with Crippen LogP contribution < -0.4 is 37.8 Å². The topological polar surface area (TPSA) is 202 Å². The summed E-state index contributed by atoms with van der Waals surface area (Å²) in [6.45, 7) is 13.3. The summed E-state index contributed by atoms with van der Waals surface area (Å²) in [4.78, 5) is 82.1. The molecule has 0 spiro atoms. The lowest BCUT2D eigenvalue weighted by Crippen LogP contribution is -2.60. The number of unbranched alkanes of at least 4 members (excludes halogenated alkanes) is 1. The molecular weight excluding hydrogens is 630 g/mol. The standard InChI is InChI=1S/C34H59N9O6/c1-8-13-24(30(45)33(48)35-21(7)9-2)36-32(47)29-23-15-12-14-22(23)18-43(29)34(49)28(20(5)6)38-31(46)27(19(3)4)37-26(44)17-11-10-16-25-39-41-42-40-25/h19-24,27-29,41-42H,8-18H2,1-7H3,(H,35,48)(H,36,47)(H,37,44)(H,38,46)(H,39,40)/t21-,22+,23+,24?,27+,28+,29+/m1/s1. The monoisotopic (exact) mass is 689 g/mol. The molecule has 7 N–H and O–H groups in total. The van der Waals surface area contributed by atoms with E-state index in [0.717, 1.165) is 31.5 Å². The molecule has 0 bridgehead atoms.